The van der Waals surface area contributed by atoms with E-state index >= 15 is 0 Å². The molecule has 0 aliphatic carbocycles. The van der Waals surface area contributed by atoms with Crippen LogP contribution in [0, 0.1) is 13.8 Å². The number of carbonyl (C=O) groups excluding carboxylic acids is 2. The summed E-state index contributed by atoms with van der Waals surface area (Å²) >= 11 is 1.52. The summed E-state index contributed by atoms with van der Waals surface area (Å²) in [7, 11) is 0. The zero-order chi connectivity index (χ0) is 21.1. The van der Waals surface area contributed by atoms with Crippen LogP contribution < -0.4 is 15.5 Å². The highest BCUT2D eigenvalue weighted by Crippen LogP contribution is 2.38. The van der Waals surface area contributed by atoms with Crippen LogP contribution in [0.25, 0.3) is 0 Å². The predicted octanol–water partition coefficient (Wildman–Crippen LogP) is 4.98. The van der Waals surface area contributed by atoms with Crippen molar-refractivity contribution >= 4 is 40.9 Å². The third-order valence-corrected chi connectivity index (χ3v) is 5.82. The lowest BCUT2D eigenvalue weighted by molar-refractivity contribution is -0.116. The quantitative estimate of drug-likeness (QED) is 0.627. The molecule has 6 nitrogen and oxygen atoms in total. The number of nitrogens with one attached hydrogen (secondary N) is 2. The second-order valence-corrected chi connectivity index (χ2v) is 8.25. The van der Waals surface area contributed by atoms with Gasteiger partial charge in [-0.05, 0) is 49.2 Å². The molecule has 0 spiro atoms. The molecule has 0 unspecified atom stereocenters. The van der Waals surface area contributed by atoms with E-state index in [1.165, 1.54) is 17.3 Å². The number of amides is 3. The van der Waals surface area contributed by atoms with Crippen LogP contribution in [-0.2, 0) is 11.3 Å². The molecule has 0 saturated carbocycles. The fourth-order valence-corrected chi connectivity index (χ4v) is 4.07. The number of nitrogens with zero attached hydrogens (tertiary/aromatic N) is 2. The van der Waals surface area contributed by atoms with E-state index in [0.29, 0.717) is 23.8 Å². The number of hydrogen-bond acceptors (Lipinski definition) is 4. The maximum atomic E-state index is 12.6. The molecule has 1 aromatic heterocycles. The topological polar surface area (TPSA) is 74.3 Å². The van der Waals surface area contributed by atoms with Gasteiger partial charge in [-0.15, -0.1) is 11.8 Å². The molecular formula is C23H22N4O2S. The Hall–Kier alpha value is -3.32. The summed E-state index contributed by atoms with van der Waals surface area (Å²) in [6.07, 6.45) is 1.69. The minimum atomic E-state index is -0.383. The number of urea groups is 1. The van der Waals surface area contributed by atoms with Gasteiger partial charge in [0.25, 0.3) is 0 Å². The number of pyridine rings is 1. The zero-order valence-electron chi connectivity index (χ0n) is 16.8. The van der Waals surface area contributed by atoms with Gasteiger partial charge in [0.15, 0.2) is 0 Å². The Morgan fingerprint density at radius 2 is 1.80 bits per heavy atom. The highest BCUT2D eigenvalue weighted by atomic mass is 32.2. The largest absolute Gasteiger partial charge is 0.324 e. The molecule has 2 aromatic carbocycles. The predicted molar refractivity (Wildman–Crippen MR) is 121 cm³/mol. The zero-order valence-corrected chi connectivity index (χ0v) is 17.6. The van der Waals surface area contributed by atoms with E-state index in [0.717, 1.165) is 21.7 Å². The molecule has 0 fully saturated rings. The smallest absolute Gasteiger partial charge is 0.308 e. The summed E-state index contributed by atoms with van der Waals surface area (Å²) in [5.41, 5.74) is 4.69. The first-order valence-corrected chi connectivity index (χ1v) is 10.6. The average molecular weight is 419 g/mol. The van der Waals surface area contributed by atoms with Gasteiger partial charge >= 0.3 is 6.03 Å². The number of carbonyl (C=O) groups is 2. The van der Waals surface area contributed by atoms with Crippen LogP contribution >= 0.6 is 11.8 Å². The van der Waals surface area contributed by atoms with Crippen molar-refractivity contribution in [1.29, 1.82) is 0 Å². The first kappa shape index (κ1) is 20.0. The molecule has 3 amide bonds. The minimum absolute atomic E-state index is 0.0542. The molecule has 1 aliphatic rings. The maximum absolute atomic E-state index is 12.6. The summed E-state index contributed by atoms with van der Waals surface area (Å²) in [5, 5.41) is 5.54. The van der Waals surface area contributed by atoms with Crippen molar-refractivity contribution in [2.75, 3.05) is 21.3 Å². The van der Waals surface area contributed by atoms with E-state index < -0.39 is 0 Å². The third kappa shape index (κ3) is 4.63. The molecule has 0 saturated heterocycles. The van der Waals surface area contributed by atoms with Crippen LogP contribution in [0.3, 0.4) is 0 Å². The Labute approximate surface area is 179 Å². The van der Waals surface area contributed by atoms with Crippen LogP contribution in [0.5, 0.6) is 0 Å². The Bertz CT molecular complexity index is 1080. The molecule has 2 heterocycles. The van der Waals surface area contributed by atoms with Crippen LogP contribution in [-0.4, -0.2) is 22.7 Å². The van der Waals surface area contributed by atoms with Gasteiger partial charge in [0.05, 0.1) is 18.0 Å². The van der Waals surface area contributed by atoms with Crippen molar-refractivity contribution in [2.45, 2.75) is 25.3 Å². The highest BCUT2D eigenvalue weighted by molar-refractivity contribution is 8.00. The van der Waals surface area contributed by atoms with Gasteiger partial charge in [0, 0.05) is 16.8 Å². The van der Waals surface area contributed by atoms with E-state index in [9.17, 15) is 9.59 Å². The lowest BCUT2D eigenvalue weighted by atomic mass is 10.1. The van der Waals surface area contributed by atoms with E-state index in [-0.39, 0.29) is 11.9 Å². The summed E-state index contributed by atoms with van der Waals surface area (Å²) in [6, 6.07) is 17.0. The number of rotatable bonds is 4. The van der Waals surface area contributed by atoms with Gasteiger partial charge in [-0.25, -0.2) is 9.78 Å². The lowest BCUT2D eigenvalue weighted by Crippen LogP contribution is -2.34. The first-order valence-electron chi connectivity index (χ1n) is 9.61. The molecule has 2 N–H and O–H groups in total. The molecule has 7 heteroatoms. The maximum Gasteiger partial charge on any atom is 0.324 e. The summed E-state index contributed by atoms with van der Waals surface area (Å²) in [6.45, 7) is 4.47. The van der Waals surface area contributed by atoms with Gasteiger partial charge in [-0.2, -0.15) is 0 Å². The molecular weight excluding hydrogens is 396 g/mol. The molecule has 0 bridgehead atoms. The average Bonchev–Trinajstić information content (AvgIpc) is 2.73. The van der Waals surface area contributed by atoms with E-state index in [2.05, 4.69) is 15.6 Å². The monoisotopic (exact) mass is 418 g/mol. The second kappa shape index (κ2) is 8.59. The van der Waals surface area contributed by atoms with Crippen molar-refractivity contribution in [1.82, 2.24) is 4.98 Å². The van der Waals surface area contributed by atoms with Gasteiger partial charge in [-0.3, -0.25) is 10.1 Å². The van der Waals surface area contributed by atoms with Crippen LogP contribution in [0.2, 0.25) is 0 Å². The fourth-order valence-electron chi connectivity index (χ4n) is 3.15. The molecule has 0 atom stereocenters. The van der Waals surface area contributed by atoms with Crippen LogP contribution in [0.1, 0.15) is 16.7 Å². The first-order chi connectivity index (χ1) is 14.5. The van der Waals surface area contributed by atoms with E-state index in [1.807, 2.05) is 62.4 Å². The normalized spacial score (nSPS) is 13.0. The molecule has 3 aromatic rings. The van der Waals surface area contributed by atoms with Crippen LogP contribution in [0.15, 0.2) is 65.7 Å². The number of aryl methyl sites for hydroxylation is 2. The summed E-state index contributed by atoms with van der Waals surface area (Å²) in [4.78, 5) is 32.0. The number of hydrogen-bond donors (Lipinski definition) is 2. The SMILES string of the molecule is Cc1ccc(CN2C(=O)CSc3ccc(NC(=O)Nc4ccc(C)cn4)cc32)cc1. The summed E-state index contributed by atoms with van der Waals surface area (Å²) < 4.78 is 0. The standard InChI is InChI=1S/C23H22N4O2S/c1-15-3-6-17(7-4-15)13-27-19-11-18(8-9-20(19)30-14-22(27)28)25-23(29)26-21-10-5-16(2)12-24-21/h3-12H,13-14H2,1-2H3,(H2,24,25,26,29). The number of thioether (sulfide) groups is 1. The van der Waals surface area contributed by atoms with E-state index in [4.69, 9.17) is 0 Å². The van der Waals surface area contributed by atoms with Crippen LogP contribution in [0.4, 0.5) is 22.0 Å². The molecule has 0 radical (unpaired) electrons. The number of fused-ring (bicyclic) bond motifs is 1. The van der Waals surface area contributed by atoms with Crippen molar-refractivity contribution in [3.05, 3.63) is 77.5 Å². The lowest BCUT2D eigenvalue weighted by Gasteiger charge is -2.29. The van der Waals surface area contributed by atoms with Gasteiger partial charge in [-0.1, -0.05) is 35.9 Å². The Balaban J connectivity index is 1.52. The Kier molecular flexibility index (Phi) is 5.72. The molecule has 152 valence electrons. The minimum Gasteiger partial charge on any atom is -0.308 e. The number of aromatic nitrogens is 1. The summed E-state index contributed by atoms with van der Waals surface area (Å²) in [5.74, 6) is 0.937. The van der Waals surface area contributed by atoms with Crippen molar-refractivity contribution in [3.8, 4) is 0 Å². The molecule has 1 aliphatic heterocycles. The fraction of sp³-hybridized carbons (Fsp3) is 0.174. The third-order valence-electron chi connectivity index (χ3n) is 4.77. The van der Waals surface area contributed by atoms with Gasteiger partial charge in [0.2, 0.25) is 5.91 Å². The van der Waals surface area contributed by atoms with Gasteiger partial charge < -0.3 is 10.2 Å². The number of benzene rings is 2. The molecule has 30 heavy (non-hydrogen) atoms. The number of anilines is 3. The second-order valence-electron chi connectivity index (χ2n) is 7.24. The molecule has 4 rings (SSSR count). The highest BCUT2D eigenvalue weighted by Gasteiger charge is 2.25. The van der Waals surface area contributed by atoms with Crippen molar-refractivity contribution in [3.63, 3.8) is 0 Å². The van der Waals surface area contributed by atoms with Crippen molar-refractivity contribution < 1.29 is 9.59 Å². The Morgan fingerprint density at radius 1 is 1.03 bits per heavy atom. The van der Waals surface area contributed by atoms with E-state index in [1.54, 1.807) is 17.2 Å². The Morgan fingerprint density at radius 3 is 2.53 bits per heavy atom. The van der Waals surface area contributed by atoms with Gasteiger partial charge in [0.1, 0.15) is 5.82 Å². The van der Waals surface area contributed by atoms with Crippen molar-refractivity contribution in [2.24, 2.45) is 0 Å².